The van der Waals surface area contributed by atoms with Gasteiger partial charge in [0.25, 0.3) is 0 Å². The predicted octanol–water partition coefficient (Wildman–Crippen LogP) is 1.23. The summed E-state index contributed by atoms with van der Waals surface area (Å²) in [5.41, 5.74) is 5.64. The van der Waals surface area contributed by atoms with Crippen molar-refractivity contribution in [2.24, 2.45) is 0 Å². The molecule has 0 bridgehead atoms. The Kier molecular flexibility index (Phi) is 3.63. The third kappa shape index (κ3) is 2.58. The first-order valence-corrected chi connectivity index (χ1v) is 7.27. The molecule has 0 radical (unpaired) electrons. The summed E-state index contributed by atoms with van der Waals surface area (Å²) in [6.45, 7) is 1.16. The van der Waals surface area contributed by atoms with Gasteiger partial charge < -0.3 is 5.73 Å². The molecule has 1 saturated heterocycles. The summed E-state index contributed by atoms with van der Waals surface area (Å²) < 4.78 is 26.3. The van der Waals surface area contributed by atoms with Crippen LogP contribution >= 0.6 is 0 Å². The summed E-state index contributed by atoms with van der Waals surface area (Å²) in [7, 11) is -3.47. The van der Waals surface area contributed by atoms with Crippen LogP contribution in [0.15, 0.2) is 23.2 Å². The Morgan fingerprint density at radius 2 is 1.82 bits per heavy atom. The quantitative estimate of drug-likeness (QED) is 0.862. The van der Waals surface area contributed by atoms with E-state index in [1.165, 1.54) is 16.6 Å². The van der Waals surface area contributed by atoms with Gasteiger partial charge >= 0.3 is 0 Å². The smallest absolute Gasteiger partial charge is 0.246 e. The van der Waals surface area contributed by atoms with E-state index in [0.717, 1.165) is 25.7 Å². The van der Waals surface area contributed by atoms with Gasteiger partial charge in [-0.05, 0) is 25.0 Å². The van der Waals surface area contributed by atoms with Crippen LogP contribution in [0.3, 0.4) is 0 Å². The zero-order chi connectivity index (χ0) is 12.3. The van der Waals surface area contributed by atoms with Crippen LogP contribution in [0.25, 0.3) is 0 Å². The van der Waals surface area contributed by atoms with Crippen LogP contribution in [-0.4, -0.2) is 30.8 Å². The lowest BCUT2D eigenvalue weighted by molar-refractivity contribution is 0.424. The molecule has 1 aromatic rings. The van der Waals surface area contributed by atoms with Gasteiger partial charge in [0, 0.05) is 19.3 Å². The Balaban J connectivity index is 2.32. The molecule has 0 spiro atoms. The zero-order valence-electron chi connectivity index (χ0n) is 9.67. The fraction of sp³-hybridized carbons (Fsp3) is 0.545. The highest BCUT2D eigenvalue weighted by atomic mass is 32.2. The van der Waals surface area contributed by atoms with Crippen LogP contribution in [0.2, 0.25) is 0 Å². The van der Waals surface area contributed by atoms with E-state index in [-0.39, 0.29) is 10.7 Å². The molecular weight excluding hydrogens is 238 g/mol. The second kappa shape index (κ2) is 5.01. The molecule has 94 valence electrons. The minimum atomic E-state index is -3.47. The van der Waals surface area contributed by atoms with Crippen molar-refractivity contribution in [3.63, 3.8) is 0 Å². The Labute approximate surface area is 102 Å². The molecule has 1 aliphatic rings. The van der Waals surface area contributed by atoms with Crippen molar-refractivity contribution in [3.8, 4) is 0 Å². The standard InChI is InChI=1S/C11H17N3O2S/c12-11-10(6-5-7-13-11)17(15,16)14-8-3-1-2-4-9-14/h5-7H,1-4,8-9H2,(H2,12,13). The lowest BCUT2D eigenvalue weighted by Crippen LogP contribution is -2.32. The molecule has 6 heteroatoms. The van der Waals surface area contributed by atoms with Gasteiger partial charge in [-0.25, -0.2) is 13.4 Å². The minimum absolute atomic E-state index is 0.0803. The van der Waals surface area contributed by atoms with E-state index >= 15 is 0 Å². The summed E-state index contributed by atoms with van der Waals surface area (Å²) in [4.78, 5) is 3.96. The van der Waals surface area contributed by atoms with Gasteiger partial charge in [-0.2, -0.15) is 4.31 Å². The summed E-state index contributed by atoms with van der Waals surface area (Å²) in [5.74, 6) is 0.0803. The van der Waals surface area contributed by atoms with E-state index in [9.17, 15) is 8.42 Å². The van der Waals surface area contributed by atoms with Gasteiger partial charge in [0.05, 0.1) is 0 Å². The van der Waals surface area contributed by atoms with E-state index in [4.69, 9.17) is 5.73 Å². The second-order valence-electron chi connectivity index (χ2n) is 4.21. The summed E-state index contributed by atoms with van der Waals surface area (Å²) >= 11 is 0. The number of aromatic nitrogens is 1. The molecular formula is C11H17N3O2S. The number of anilines is 1. The van der Waals surface area contributed by atoms with Gasteiger partial charge in [-0.3, -0.25) is 0 Å². The molecule has 0 aromatic carbocycles. The number of rotatable bonds is 2. The SMILES string of the molecule is Nc1ncccc1S(=O)(=O)N1CCCCCC1. The zero-order valence-corrected chi connectivity index (χ0v) is 10.5. The lowest BCUT2D eigenvalue weighted by atomic mass is 10.2. The largest absolute Gasteiger partial charge is 0.383 e. The highest BCUT2D eigenvalue weighted by Crippen LogP contribution is 2.22. The number of nitrogens with zero attached hydrogens (tertiary/aromatic N) is 2. The van der Waals surface area contributed by atoms with Gasteiger partial charge in [0.1, 0.15) is 10.7 Å². The molecule has 2 rings (SSSR count). The molecule has 2 N–H and O–H groups in total. The van der Waals surface area contributed by atoms with E-state index in [1.807, 2.05) is 0 Å². The van der Waals surface area contributed by atoms with Crippen molar-refractivity contribution < 1.29 is 8.42 Å². The predicted molar refractivity (Wildman–Crippen MR) is 65.9 cm³/mol. The number of hydrogen-bond donors (Lipinski definition) is 1. The normalized spacial score (nSPS) is 18.8. The first-order chi connectivity index (χ1) is 8.12. The van der Waals surface area contributed by atoms with Crippen LogP contribution in [0.5, 0.6) is 0 Å². The van der Waals surface area contributed by atoms with Crippen LogP contribution < -0.4 is 5.73 Å². The van der Waals surface area contributed by atoms with Crippen molar-refractivity contribution in [2.45, 2.75) is 30.6 Å². The lowest BCUT2D eigenvalue weighted by Gasteiger charge is -2.20. The Morgan fingerprint density at radius 1 is 1.18 bits per heavy atom. The summed E-state index contributed by atoms with van der Waals surface area (Å²) in [5, 5.41) is 0. The van der Waals surface area contributed by atoms with Crippen LogP contribution in [0, 0.1) is 0 Å². The Hall–Kier alpha value is -1.14. The second-order valence-corrected chi connectivity index (χ2v) is 6.11. The van der Waals surface area contributed by atoms with Crippen molar-refractivity contribution >= 4 is 15.8 Å². The van der Waals surface area contributed by atoms with Gasteiger partial charge in [-0.1, -0.05) is 12.8 Å². The summed E-state index contributed by atoms with van der Waals surface area (Å²) in [6, 6.07) is 3.11. The fourth-order valence-corrected chi connectivity index (χ4v) is 3.63. The fourth-order valence-electron chi connectivity index (χ4n) is 2.04. The monoisotopic (exact) mass is 255 g/mol. The molecule has 5 nitrogen and oxygen atoms in total. The molecule has 17 heavy (non-hydrogen) atoms. The highest BCUT2D eigenvalue weighted by Gasteiger charge is 2.27. The number of pyridine rings is 1. The van der Waals surface area contributed by atoms with Gasteiger partial charge in [0.15, 0.2) is 0 Å². The molecule has 0 amide bonds. The van der Waals surface area contributed by atoms with Crippen molar-refractivity contribution in [3.05, 3.63) is 18.3 Å². The molecule has 1 fully saturated rings. The molecule has 1 aliphatic heterocycles. The average molecular weight is 255 g/mol. The first kappa shape index (κ1) is 12.3. The van der Waals surface area contributed by atoms with Crippen LogP contribution in [-0.2, 0) is 10.0 Å². The Bertz CT molecular complexity index is 479. The average Bonchev–Trinajstić information content (AvgIpc) is 2.58. The van der Waals surface area contributed by atoms with E-state index in [1.54, 1.807) is 6.07 Å². The van der Waals surface area contributed by atoms with Gasteiger partial charge in [-0.15, -0.1) is 0 Å². The number of sulfonamides is 1. The molecule has 0 saturated carbocycles. The van der Waals surface area contributed by atoms with E-state index in [2.05, 4.69) is 4.98 Å². The molecule has 1 aromatic heterocycles. The third-order valence-electron chi connectivity index (χ3n) is 2.98. The van der Waals surface area contributed by atoms with Gasteiger partial charge in [0.2, 0.25) is 10.0 Å². The third-order valence-corrected chi connectivity index (χ3v) is 4.93. The summed E-state index contributed by atoms with van der Waals surface area (Å²) in [6.07, 6.45) is 5.51. The van der Waals surface area contributed by atoms with E-state index < -0.39 is 10.0 Å². The highest BCUT2D eigenvalue weighted by molar-refractivity contribution is 7.89. The Morgan fingerprint density at radius 3 is 2.41 bits per heavy atom. The molecule has 0 unspecified atom stereocenters. The minimum Gasteiger partial charge on any atom is -0.383 e. The topological polar surface area (TPSA) is 76.3 Å². The van der Waals surface area contributed by atoms with Crippen LogP contribution in [0.1, 0.15) is 25.7 Å². The maximum atomic E-state index is 12.4. The van der Waals surface area contributed by atoms with Crippen molar-refractivity contribution in [1.29, 1.82) is 0 Å². The van der Waals surface area contributed by atoms with Crippen molar-refractivity contribution in [2.75, 3.05) is 18.8 Å². The maximum absolute atomic E-state index is 12.4. The van der Waals surface area contributed by atoms with Crippen LogP contribution in [0.4, 0.5) is 5.82 Å². The first-order valence-electron chi connectivity index (χ1n) is 5.83. The number of nitrogen functional groups attached to an aromatic ring is 1. The molecule has 0 atom stereocenters. The number of nitrogens with two attached hydrogens (primary N) is 1. The van der Waals surface area contributed by atoms with E-state index in [0.29, 0.717) is 13.1 Å². The molecule has 0 aliphatic carbocycles. The van der Waals surface area contributed by atoms with Crippen molar-refractivity contribution in [1.82, 2.24) is 9.29 Å². The number of hydrogen-bond acceptors (Lipinski definition) is 4. The maximum Gasteiger partial charge on any atom is 0.246 e. The molecule has 2 heterocycles.